The smallest absolute Gasteiger partial charge is 0.251 e. The fraction of sp³-hybridized carbons (Fsp3) is 0.500. The summed E-state index contributed by atoms with van der Waals surface area (Å²) in [6, 6.07) is 6.16. The van der Waals surface area contributed by atoms with Crippen molar-refractivity contribution >= 4 is 11.6 Å². The summed E-state index contributed by atoms with van der Waals surface area (Å²) in [5.41, 5.74) is 8.02. The summed E-state index contributed by atoms with van der Waals surface area (Å²) in [7, 11) is 2.11. The summed E-state index contributed by atoms with van der Waals surface area (Å²) in [4.78, 5) is 14.2. The Morgan fingerprint density at radius 1 is 1.44 bits per heavy atom. The van der Waals surface area contributed by atoms with Crippen LogP contribution in [0.2, 0.25) is 0 Å². The van der Waals surface area contributed by atoms with Gasteiger partial charge in [-0.2, -0.15) is 0 Å². The molecule has 1 fully saturated rings. The monoisotopic (exact) mass is 247 g/mol. The third kappa shape index (κ3) is 3.47. The molecule has 3 N–H and O–H groups in total. The summed E-state index contributed by atoms with van der Waals surface area (Å²) in [5, 5.41) is 2.93. The van der Waals surface area contributed by atoms with Gasteiger partial charge in [0.25, 0.3) is 5.91 Å². The van der Waals surface area contributed by atoms with Gasteiger partial charge in [-0.3, -0.25) is 4.79 Å². The van der Waals surface area contributed by atoms with Gasteiger partial charge in [0.1, 0.15) is 0 Å². The van der Waals surface area contributed by atoms with Crippen LogP contribution in [0.15, 0.2) is 18.2 Å². The fourth-order valence-electron chi connectivity index (χ4n) is 2.09. The molecule has 1 saturated carbocycles. The number of benzene rings is 1. The van der Waals surface area contributed by atoms with Gasteiger partial charge >= 0.3 is 0 Å². The summed E-state index contributed by atoms with van der Waals surface area (Å²) >= 11 is 0. The van der Waals surface area contributed by atoms with E-state index >= 15 is 0 Å². The second-order valence-corrected chi connectivity index (χ2v) is 5.10. The molecule has 0 aliphatic heterocycles. The quantitative estimate of drug-likeness (QED) is 0.773. The molecular weight excluding hydrogens is 226 g/mol. The van der Waals surface area contributed by atoms with Gasteiger partial charge in [0.15, 0.2) is 0 Å². The number of aryl methyl sites for hydroxylation is 1. The second kappa shape index (κ2) is 5.40. The van der Waals surface area contributed by atoms with Crippen LogP contribution in [0, 0.1) is 6.92 Å². The first-order valence-electron chi connectivity index (χ1n) is 6.42. The molecule has 0 spiro atoms. The SMILES string of the molecule is Cc1cc(N)cc(C(=O)NCCN(C)C2CC2)c1. The molecule has 4 heteroatoms. The zero-order valence-corrected chi connectivity index (χ0v) is 11.1. The number of nitrogens with one attached hydrogen (secondary N) is 1. The van der Waals surface area contributed by atoms with E-state index in [9.17, 15) is 4.79 Å². The zero-order chi connectivity index (χ0) is 13.1. The minimum Gasteiger partial charge on any atom is -0.399 e. The standard InChI is InChI=1S/C14H21N3O/c1-10-7-11(9-12(15)8-10)14(18)16-5-6-17(2)13-3-4-13/h7-9,13H,3-6,15H2,1-2H3,(H,16,18). The molecule has 18 heavy (non-hydrogen) atoms. The van der Waals surface area contributed by atoms with Crippen LogP contribution in [-0.4, -0.2) is 37.0 Å². The lowest BCUT2D eigenvalue weighted by Gasteiger charge is -2.15. The molecule has 0 heterocycles. The molecule has 0 radical (unpaired) electrons. The van der Waals surface area contributed by atoms with Crippen molar-refractivity contribution in [3.05, 3.63) is 29.3 Å². The molecular formula is C14H21N3O. The van der Waals surface area contributed by atoms with Crippen molar-refractivity contribution in [1.82, 2.24) is 10.2 Å². The molecule has 0 atom stereocenters. The number of nitrogens with two attached hydrogens (primary N) is 1. The lowest BCUT2D eigenvalue weighted by atomic mass is 10.1. The van der Waals surface area contributed by atoms with Crippen LogP contribution < -0.4 is 11.1 Å². The molecule has 0 bridgehead atoms. The van der Waals surface area contributed by atoms with Gasteiger partial charge in [0, 0.05) is 30.4 Å². The normalized spacial score (nSPS) is 14.8. The predicted molar refractivity (Wildman–Crippen MR) is 73.6 cm³/mol. The van der Waals surface area contributed by atoms with E-state index in [4.69, 9.17) is 5.73 Å². The molecule has 1 aromatic rings. The highest BCUT2D eigenvalue weighted by Gasteiger charge is 2.25. The molecule has 1 aliphatic rings. The van der Waals surface area contributed by atoms with Crippen molar-refractivity contribution in [2.24, 2.45) is 0 Å². The maximum absolute atomic E-state index is 11.9. The average molecular weight is 247 g/mol. The minimum absolute atomic E-state index is 0.0467. The number of hydrogen-bond donors (Lipinski definition) is 2. The largest absolute Gasteiger partial charge is 0.399 e. The van der Waals surface area contributed by atoms with Crippen LogP contribution in [-0.2, 0) is 0 Å². The van der Waals surface area contributed by atoms with Gasteiger partial charge in [-0.25, -0.2) is 0 Å². The van der Waals surface area contributed by atoms with E-state index in [-0.39, 0.29) is 5.91 Å². The number of hydrogen-bond acceptors (Lipinski definition) is 3. The molecule has 2 rings (SSSR count). The lowest BCUT2D eigenvalue weighted by Crippen LogP contribution is -2.34. The first-order valence-corrected chi connectivity index (χ1v) is 6.42. The van der Waals surface area contributed by atoms with Crippen LogP contribution in [0.5, 0.6) is 0 Å². The van der Waals surface area contributed by atoms with Gasteiger partial charge in [0.05, 0.1) is 0 Å². The Morgan fingerprint density at radius 3 is 2.78 bits per heavy atom. The number of carbonyl (C=O) groups is 1. The van der Waals surface area contributed by atoms with Crippen LogP contribution >= 0.6 is 0 Å². The van der Waals surface area contributed by atoms with Crippen molar-refractivity contribution in [3.8, 4) is 0 Å². The fourth-order valence-corrected chi connectivity index (χ4v) is 2.09. The molecule has 0 saturated heterocycles. The molecule has 4 nitrogen and oxygen atoms in total. The Bertz CT molecular complexity index is 420. The van der Waals surface area contributed by atoms with Crippen molar-refractivity contribution < 1.29 is 4.79 Å². The molecule has 0 unspecified atom stereocenters. The van der Waals surface area contributed by atoms with E-state index in [1.165, 1.54) is 12.8 Å². The van der Waals surface area contributed by atoms with E-state index in [0.717, 1.165) is 18.2 Å². The van der Waals surface area contributed by atoms with Crippen LogP contribution in [0.3, 0.4) is 0 Å². The van der Waals surface area contributed by atoms with Gasteiger partial charge < -0.3 is 16.0 Å². The van der Waals surface area contributed by atoms with Crippen molar-refractivity contribution in [2.45, 2.75) is 25.8 Å². The topological polar surface area (TPSA) is 58.4 Å². The van der Waals surface area contributed by atoms with Crippen LogP contribution in [0.4, 0.5) is 5.69 Å². The highest BCUT2D eigenvalue weighted by atomic mass is 16.1. The summed E-state index contributed by atoms with van der Waals surface area (Å²) in [6.07, 6.45) is 2.58. The summed E-state index contributed by atoms with van der Waals surface area (Å²) in [5.74, 6) is -0.0467. The average Bonchev–Trinajstić information content (AvgIpc) is 3.11. The van der Waals surface area contributed by atoms with Gasteiger partial charge in [-0.1, -0.05) is 0 Å². The molecule has 0 aromatic heterocycles. The third-order valence-corrected chi connectivity index (χ3v) is 3.28. The molecule has 1 aromatic carbocycles. The number of nitrogens with zero attached hydrogens (tertiary/aromatic N) is 1. The van der Waals surface area contributed by atoms with Gasteiger partial charge in [-0.15, -0.1) is 0 Å². The summed E-state index contributed by atoms with van der Waals surface area (Å²) in [6.45, 7) is 3.52. The predicted octanol–water partition coefficient (Wildman–Crippen LogP) is 1.40. The van der Waals surface area contributed by atoms with Crippen LogP contribution in [0.25, 0.3) is 0 Å². The number of nitrogen functional groups attached to an aromatic ring is 1. The lowest BCUT2D eigenvalue weighted by molar-refractivity contribution is 0.0949. The minimum atomic E-state index is -0.0467. The van der Waals surface area contributed by atoms with Crippen molar-refractivity contribution in [1.29, 1.82) is 0 Å². The molecule has 98 valence electrons. The van der Waals surface area contributed by atoms with E-state index < -0.39 is 0 Å². The van der Waals surface area contributed by atoms with E-state index in [1.54, 1.807) is 6.07 Å². The van der Waals surface area contributed by atoms with Gasteiger partial charge in [-0.05, 0) is 50.6 Å². The van der Waals surface area contributed by atoms with Crippen LogP contribution in [0.1, 0.15) is 28.8 Å². The Hall–Kier alpha value is -1.55. The van der Waals surface area contributed by atoms with E-state index in [0.29, 0.717) is 17.8 Å². The highest BCUT2D eigenvalue weighted by molar-refractivity contribution is 5.95. The maximum Gasteiger partial charge on any atom is 0.251 e. The number of likely N-dealkylation sites (N-methyl/N-ethyl adjacent to an activating group) is 1. The third-order valence-electron chi connectivity index (χ3n) is 3.28. The van der Waals surface area contributed by atoms with Crippen molar-refractivity contribution in [3.63, 3.8) is 0 Å². The Kier molecular flexibility index (Phi) is 3.87. The zero-order valence-electron chi connectivity index (χ0n) is 11.1. The maximum atomic E-state index is 11.9. The van der Waals surface area contributed by atoms with Gasteiger partial charge in [0.2, 0.25) is 0 Å². The first-order chi connectivity index (χ1) is 8.56. The number of rotatable bonds is 5. The van der Waals surface area contributed by atoms with E-state index in [1.807, 2.05) is 19.1 Å². The summed E-state index contributed by atoms with van der Waals surface area (Å²) < 4.78 is 0. The number of carbonyl (C=O) groups excluding carboxylic acids is 1. The highest BCUT2D eigenvalue weighted by Crippen LogP contribution is 2.24. The molecule has 1 aliphatic carbocycles. The van der Waals surface area contributed by atoms with Crippen molar-refractivity contribution in [2.75, 3.05) is 25.9 Å². The Labute approximate surface area is 108 Å². The first kappa shape index (κ1) is 12.9. The molecule has 1 amide bonds. The second-order valence-electron chi connectivity index (χ2n) is 5.10. The number of anilines is 1. The van der Waals surface area contributed by atoms with E-state index in [2.05, 4.69) is 17.3 Å². The number of amides is 1. The Morgan fingerprint density at radius 2 is 2.17 bits per heavy atom. The Balaban J connectivity index is 1.83.